The van der Waals surface area contributed by atoms with Gasteiger partial charge in [-0.2, -0.15) is 5.26 Å². The molecule has 0 aliphatic rings. The summed E-state index contributed by atoms with van der Waals surface area (Å²) in [5.74, 6) is 0. The minimum absolute atomic E-state index is 0.718. The third kappa shape index (κ3) is 3.61. The van der Waals surface area contributed by atoms with Gasteiger partial charge < -0.3 is 5.32 Å². The van der Waals surface area contributed by atoms with Crippen LogP contribution in [0.3, 0.4) is 0 Å². The van der Waals surface area contributed by atoms with Crippen LogP contribution >= 0.6 is 0 Å². The summed E-state index contributed by atoms with van der Waals surface area (Å²) in [5, 5.41) is 12.3. The number of nitrogens with one attached hydrogen (secondary N) is 1. The summed E-state index contributed by atoms with van der Waals surface area (Å²) in [6.07, 6.45) is 2.31. The van der Waals surface area contributed by atoms with Crippen LogP contribution in [0.5, 0.6) is 0 Å². The Morgan fingerprint density at radius 1 is 1.10 bits per heavy atom. The highest BCUT2D eigenvalue weighted by Crippen LogP contribution is 2.15. The van der Waals surface area contributed by atoms with Crippen LogP contribution < -0.4 is 5.32 Å². The van der Waals surface area contributed by atoms with E-state index in [9.17, 15) is 0 Å². The second-order valence-electron chi connectivity index (χ2n) is 5.05. The van der Waals surface area contributed by atoms with Gasteiger partial charge in [-0.1, -0.05) is 31.5 Å². The number of rotatable bonds is 5. The monoisotopic (exact) mass is 264 g/mol. The van der Waals surface area contributed by atoms with Crippen molar-refractivity contribution in [1.82, 2.24) is 0 Å². The van der Waals surface area contributed by atoms with E-state index in [4.69, 9.17) is 5.26 Å². The standard InChI is InChI=1S/C18H20N2/c1-3-4-15-6-9-18(10-7-15)20-13-17-8-5-16(12-19)11-14(17)2/h5-11,20H,3-4,13H2,1-2H3. The van der Waals surface area contributed by atoms with Gasteiger partial charge in [0.15, 0.2) is 0 Å². The Labute approximate surface area is 121 Å². The molecule has 2 rings (SSSR count). The molecule has 0 bridgehead atoms. The zero-order valence-corrected chi connectivity index (χ0v) is 12.1. The number of anilines is 1. The Bertz CT molecular complexity index is 606. The Morgan fingerprint density at radius 3 is 2.45 bits per heavy atom. The second kappa shape index (κ2) is 6.77. The molecule has 2 aromatic rings. The number of benzene rings is 2. The summed E-state index contributed by atoms with van der Waals surface area (Å²) in [7, 11) is 0. The third-order valence-electron chi connectivity index (χ3n) is 3.45. The van der Waals surface area contributed by atoms with Crippen molar-refractivity contribution < 1.29 is 0 Å². The molecule has 0 amide bonds. The predicted molar refractivity (Wildman–Crippen MR) is 83.7 cm³/mol. The molecule has 2 aromatic carbocycles. The Hall–Kier alpha value is -2.27. The smallest absolute Gasteiger partial charge is 0.0991 e. The molecular weight excluding hydrogens is 244 g/mol. The maximum atomic E-state index is 8.86. The van der Waals surface area contributed by atoms with Crippen LogP contribution in [0.1, 0.15) is 35.6 Å². The fourth-order valence-electron chi connectivity index (χ4n) is 2.24. The first-order chi connectivity index (χ1) is 9.72. The van der Waals surface area contributed by atoms with Crippen LogP contribution in [0.25, 0.3) is 0 Å². The summed E-state index contributed by atoms with van der Waals surface area (Å²) in [5.41, 5.74) is 5.61. The molecule has 0 heterocycles. The highest BCUT2D eigenvalue weighted by molar-refractivity contribution is 5.46. The normalized spacial score (nSPS) is 10.1. The number of aryl methyl sites for hydroxylation is 2. The highest BCUT2D eigenvalue weighted by atomic mass is 14.9. The van der Waals surface area contributed by atoms with Crippen molar-refractivity contribution in [2.24, 2.45) is 0 Å². The summed E-state index contributed by atoms with van der Waals surface area (Å²) >= 11 is 0. The molecule has 0 aliphatic heterocycles. The van der Waals surface area contributed by atoms with Crippen molar-refractivity contribution in [2.75, 3.05) is 5.32 Å². The predicted octanol–water partition coefficient (Wildman–Crippen LogP) is 4.43. The van der Waals surface area contributed by atoms with E-state index in [1.165, 1.54) is 17.5 Å². The van der Waals surface area contributed by atoms with Crippen LogP contribution in [0.15, 0.2) is 42.5 Å². The van der Waals surface area contributed by atoms with Gasteiger partial charge >= 0.3 is 0 Å². The van der Waals surface area contributed by atoms with E-state index < -0.39 is 0 Å². The minimum atomic E-state index is 0.718. The summed E-state index contributed by atoms with van der Waals surface area (Å²) in [6.45, 7) is 5.02. The third-order valence-corrected chi connectivity index (χ3v) is 3.45. The SMILES string of the molecule is CCCc1ccc(NCc2ccc(C#N)cc2C)cc1. The molecule has 1 N–H and O–H groups in total. The van der Waals surface area contributed by atoms with Gasteiger partial charge in [0.1, 0.15) is 0 Å². The topological polar surface area (TPSA) is 35.8 Å². The first-order valence-corrected chi connectivity index (χ1v) is 7.05. The van der Waals surface area contributed by atoms with Gasteiger partial charge in [-0.3, -0.25) is 0 Å². The summed E-state index contributed by atoms with van der Waals surface area (Å²) in [4.78, 5) is 0. The van der Waals surface area contributed by atoms with Crippen molar-refractivity contribution in [2.45, 2.75) is 33.2 Å². The second-order valence-corrected chi connectivity index (χ2v) is 5.05. The molecule has 0 saturated heterocycles. The maximum Gasteiger partial charge on any atom is 0.0991 e. The Morgan fingerprint density at radius 2 is 1.85 bits per heavy atom. The maximum absolute atomic E-state index is 8.86. The zero-order valence-electron chi connectivity index (χ0n) is 12.1. The number of nitrogens with zero attached hydrogens (tertiary/aromatic N) is 1. The molecule has 0 saturated carbocycles. The van der Waals surface area contributed by atoms with E-state index in [1.54, 1.807) is 0 Å². The Balaban J connectivity index is 2.00. The fourth-order valence-corrected chi connectivity index (χ4v) is 2.24. The quantitative estimate of drug-likeness (QED) is 0.867. The van der Waals surface area contributed by atoms with E-state index in [0.29, 0.717) is 0 Å². The van der Waals surface area contributed by atoms with Crippen molar-refractivity contribution in [3.8, 4) is 6.07 Å². The van der Waals surface area contributed by atoms with Gasteiger partial charge in [0, 0.05) is 12.2 Å². The van der Waals surface area contributed by atoms with Crippen molar-refractivity contribution in [1.29, 1.82) is 5.26 Å². The van der Waals surface area contributed by atoms with Crippen molar-refractivity contribution in [3.63, 3.8) is 0 Å². The van der Waals surface area contributed by atoms with Gasteiger partial charge in [0.05, 0.1) is 11.6 Å². The van der Waals surface area contributed by atoms with Crippen molar-refractivity contribution in [3.05, 3.63) is 64.7 Å². The molecule has 0 unspecified atom stereocenters. The lowest BCUT2D eigenvalue weighted by Crippen LogP contribution is -2.01. The molecule has 0 radical (unpaired) electrons. The van der Waals surface area contributed by atoms with Gasteiger partial charge in [-0.25, -0.2) is 0 Å². The largest absolute Gasteiger partial charge is 0.381 e. The lowest BCUT2D eigenvalue weighted by atomic mass is 10.1. The molecule has 0 spiro atoms. The van der Waals surface area contributed by atoms with E-state index in [1.807, 2.05) is 25.1 Å². The minimum Gasteiger partial charge on any atom is -0.381 e. The average molecular weight is 264 g/mol. The molecule has 0 aliphatic carbocycles. The number of hydrogen-bond acceptors (Lipinski definition) is 2. The van der Waals surface area contributed by atoms with Gasteiger partial charge in [-0.05, 0) is 54.3 Å². The molecule has 2 nitrogen and oxygen atoms in total. The molecule has 0 aromatic heterocycles. The van der Waals surface area contributed by atoms with Crippen LogP contribution in [0.4, 0.5) is 5.69 Å². The molecular formula is C18H20N2. The van der Waals surface area contributed by atoms with Crippen LogP contribution in [-0.4, -0.2) is 0 Å². The van der Waals surface area contributed by atoms with Gasteiger partial charge in [0.25, 0.3) is 0 Å². The number of hydrogen-bond donors (Lipinski definition) is 1. The van der Waals surface area contributed by atoms with Crippen LogP contribution in [-0.2, 0) is 13.0 Å². The first-order valence-electron chi connectivity index (χ1n) is 7.05. The van der Waals surface area contributed by atoms with E-state index in [-0.39, 0.29) is 0 Å². The summed E-state index contributed by atoms with van der Waals surface area (Å²) < 4.78 is 0. The lowest BCUT2D eigenvalue weighted by Gasteiger charge is -2.10. The first kappa shape index (κ1) is 14.1. The zero-order chi connectivity index (χ0) is 14.4. The van der Waals surface area contributed by atoms with Gasteiger partial charge in [-0.15, -0.1) is 0 Å². The molecule has 0 atom stereocenters. The van der Waals surface area contributed by atoms with E-state index in [2.05, 4.69) is 42.6 Å². The molecule has 0 fully saturated rings. The fraction of sp³-hybridized carbons (Fsp3) is 0.278. The van der Waals surface area contributed by atoms with Gasteiger partial charge in [0.2, 0.25) is 0 Å². The van der Waals surface area contributed by atoms with Crippen LogP contribution in [0, 0.1) is 18.3 Å². The molecule has 102 valence electrons. The summed E-state index contributed by atoms with van der Waals surface area (Å²) in [6, 6.07) is 16.6. The highest BCUT2D eigenvalue weighted by Gasteiger charge is 2.00. The average Bonchev–Trinajstić information content (AvgIpc) is 2.48. The van der Waals surface area contributed by atoms with E-state index in [0.717, 1.165) is 29.8 Å². The molecule has 20 heavy (non-hydrogen) atoms. The Kier molecular flexibility index (Phi) is 4.79. The van der Waals surface area contributed by atoms with E-state index >= 15 is 0 Å². The number of nitriles is 1. The molecule has 2 heteroatoms. The lowest BCUT2D eigenvalue weighted by molar-refractivity contribution is 0.922. The van der Waals surface area contributed by atoms with Crippen molar-refractivity contribution >= 4 is 5.69 Å². The van der Waals surface area contributed by atoms with Crippen LogP contribution in [0.2, 0.25) is 0 Å².